The van der Waals surface area contributed by atoms with Gasteiger partial charge in [-0.2, -0.15) is 10.4 Å². The van der Waals surface area contributed by atoms with Crippen LogP contribution in [-0.2, 0) is 6.54 Å². The average Bonchev–Trinajstić information content (AvgIpc) is 3.10. The number of amides is 1. The minimum Gasteiger partial charge on any atom is -0.482 e. The molecule has 1 atom stereocenters. The van der Waals surface area contributed by atoms with Gasteiger partial charge in [0, 0.05) is 35.5 Å². The van der Waals surface area contributed by atoms with Crippen LogP contribution >= 0.6 is 0 Å². The Kier molecular flexibility index (Phi) is 4.39. The molecule has 1 aliphatic rings. The first-order valence-electron chi connectivity index (χ1n) is 8.83. The van der Waals surface area contributed by atoms with E-state index in [1.807, 2.05) is 6.07 Å². The molecule has 0 radical (unpaired) electrons. The third-order valence-corrected chi connectivity index (χ3v) is 4.85. The lowest BCUT2D eigenvalue weighted by Gasteiger charge is -2.24. The minimum atomic E-state index is -0.670. The summed E-state index contributed by atoms with van der Waals surface area (Å²) >= 11 is 0. The fourth-order valence-corrected chi connectivity index (χ4v) is 3.40. The standard InChI is InChI=1S/C20H17FN6O2/c1-10-14-6-12(21)3-4-13(14)20(28)27(2)9-16-18(15(7-22)25-26-16)11-5-17(29-10)19(23)24-8-11/h3-6,8,10H,9H2,1-2H3,(H2,23,24)(H,25,26)/t10-/m0/s1. The van der Waals surface area contributed by atoms with Crippen molar-refractivity contribution in [1.82, 2.24) is 20.1 Å². The van der Waals surface area contributed by atoms with Gasteiger partial charge >= 0.3 is 0 Å². The minimum absolute atomic E-state index is 0.141. The summed E-state index contributed by atoms with van der Waals surface area (Å²) in [7, 11) is 1.62. The predicted octanol–water partition coefficient (Wildman–Crippen LogP) is 2.79. The van der Waals surface area contributed by atoms with Gasteiger partial charge in [-0.3, -0.25) is 9.89 Å². The molecular formula is C20H17FN6O2. The van der Waals surface area contributed by atoms with Crippen molar-refractivity contribution in [3.05, 3.63) is 58.8 Å². The van der Waals surface area contributed by atoms with Crippen LogP contribution in [0.2, 0.25) is 0 Å². The Morgan fingerprint density at radius 2 is 2.21 bits per heavy atom. The first-order chi connectivity index (χ1) is 13.9. The number of anilines is 1. The highest BCUT2D eigenvalue weighted by molar-refractivity contribution is 5.95. The summed E-state index contributed by atoms with van der Waals surface area (Å²) < 4.78 is 19.9. The van der Waals surface area contributed by atoms with Crippen LogP contribution in [0.1, 0.15) is 40.3 Å². The number of aromatic amines is 1. The Morgan fingerprint density at radius 1 is 1.41 bits per heavy atom. The molecular weight excluding hydrogens is 375 g/mol. The lowest BCUT2D eigenvalue weighted by atomic mass is 10.00. The quantitative estimate of drug-likeness (QED) is 0.607. The van der Waals surface area contributed by atoms with Crippen molar-refractivity contribution < 1.29 is 13.9 Å². The summed E-state index contributed by atoms with van der Waals surface area (Å²) in [4.78, 5) is 18.7. The Bertz CT molecular complexity index is 1170. The van der Waals surface area contributed by atoms with Crippen LogP contribution in [0.5, 0.6) is 5.75 Å². The number of benzene rings is 1. The van der Waals surface area contributed by atoms with Gasteiger partial charge < -0.3 is 15.4 Å². The number of nitrogens with two attached hydrogens (primary N) is 1. The van der Waals surface area contributed by atoms with Crippen molar-refractivity contribution in [1.29, 1.82) is 5.26 Å². The Labute approximate surface area is 165 Å². The van der Waals surface area contributed by atoms with E-state index in [1.54, 1.807) is 20.0 Å². The molecule has 0 spiro atoms. The molecule has 0 saturated carbocycles. The number of nitriles is 1. The number of nitrogen functional groups attached to an aromatic ring is 1. The van der Waals surface area contributed by atoms with E-state index in [0.29, 0.717) is 27.9 Å². The number of hydrogen-bond donors (Lipinski definition) is 2. The third kappa shape index (κ3) is 3.14. The van der Waals surface area contributed by atoms with Gasteiger partial charge in [0.2, 0.25) is 0 Å². The molecule has 2 bridgehead atoms. The van der Waals surface area contributed by atoms with Crippen molar-refractivity contribution in [3.63, 3.8) is 0 Å². The summed E-state index contributed by atoms with van der Waals surface area (Å²) in [6, 6.07) is 7.65. The molecule has 8 nitrogen and oxygen atoms in total. The molecule has 3 N–H and O–H groups in total. The summed E-state index contributed by atoms with van der Waals surface area (Å²) in [5, 5.41) is 16.3. The van der Waals surface area contributed by atoms with Gasteiger partial charge in [-0.1, -0.05) is 0 Å². The van der Waals surface area contributed by atoms with Crippen LogP contribution in [0.25, 0.3) is 11.1 Å². The summed E-state index contributed by atoms with van der Waals surface area (Å²) in [6.07, 6.45) is 0.847. The van der Waals surface area contributed by atoms with Gasteiger partial charge in [-0.15, -0.1) is 0 Å². The number of ether oxygens (including phenoxy) is 1. The van der Waals surface area contributed by atoms with Crippen LogP contribution in [0.4, 0.5) is 10.2 Å². The summed E-state index contributed by atoms with van der Waals surface area (Å²) in [5.41, 5.74) is 8.51. The molecule has 0 unspecified atom stereocenters. The second-order valence-electron chi connectivity index (χ2n) is 6.80. The van der Waals surface area contributed by atoms with Gasteiger partial charge in [0.15, 0.2) is 17.3 Å². The van der Waals surface area contributed by atoms with E-state index < -0.39 is 11.9 Å². The SMILES string of the molecule is C[C@@H]1Oc2cc(cnc2N)-c2c(C#N)n[nH]c2CN(C)C(=O)c2ccc(F)cc21. The Hall–Kier alpha value is -3.93. The maximum atomic E-state index is 13.9. The number of carbonyl (C=O) groups is 1. The first-order valence-corrected chi connectivity index (χ1v) is 8.83. The molecule has 0 fully saturated rings. The fraction of sp³-hybridized carbons (Fsp3) is 0.200. The number of pyridine rings is 1. The first kappa shape index (κ1) is 18.4. The largest absolute Gasteiger partial charge is 0.482 e. The van der Waals surface area contributed by atoms with Gasteiger partial charge in [-0.25, -0.2) is 9.37 Å². The molecule has 0 aliphatic carbocycles. The highest BCUT2D eigenvalue weighted by Gasteiger charge is 2.26. The van der Waals surface area contributed by atoms with Crippen LogP contribution in [0.15, 0.2) is 30.5 Å². The number of H-pyrrole nitrogens is 1. The zero-order valence-electron chi connectivity index (χ0n) is 15.7. The zero-order chi connectivity index (χ0) is 20.7. The molecule has 9 heteroatoms. The highest BCUT2D eigenvalue weighted by Crippen LogP contribution is 2.35. The number of hydrogen-bond acceptors (Lipinski definition) is 6. The maximum absolute atomic E-state index is 13.9. The van der Waals surface area contributed by atoms with E-state index in [9.17, 15) is 14.4 Å². The molecule has 1 amide bonds. The van der Waals surface area contributed by atoms with E-state index in [0.717, 1.165) is 0 Å². The number of nitrogens with one attached hydrogen (secondary N) is 1. The van der Waals surface area contributed by atoms with E-state index >= 15 is 0 Å². The molecule has 3 heterocycles. The van der Waals surface area contributed by atoms with E-state index in [4.69, 9.17) is 10.5 Å². The van der Waals surface area contributed by atoms with Crippen molar-refractivity contribution in [2.45, 2.75) is 19.6 Å². The van der Waals surface area contributed by atoms with E-state index in [2.05, 4.69) is 15.2 Å². The number of nitrogens with zero attached hydrogens (tertiary/aromatic N) is 4. The van der Waals surface area contributed by atoms with Gasteiger partial charge in [0.05, 0.1) is 12.2 Å². The second kappa shape index (κ2) is 6.91. The smallest absolute Gasteiger partial charge is 0.254 e. The molecule has 146 valence electrons. The molecule has 2 aromatic heterocycles. The zero-order valence-corrected chi connectivity index (χ0v) is 15.7. The van der Waals surface area contributed by atoms with E-state index in [-0.39, 0.29) is 29.7 Å². The Morgan fingerprint density at radius 3 is 2.97 bits per heavy atom. The number of carbonyl (C=O) groups excluding carboxylic acids is 1. The fourth-order valence-electron chi connectivity index (χ4n) is 3.40. The second-order valence-corrected chi connectivity index (χ2v) is 6.80. The van der Waals surface area contributed by atoms with Crippen LogP contribution < -0.4 is 10.5 Å². The monoisotopic (exact) mass is 392 g/mol. The summed E-state index contributed by atoms with van der Waals surface area (Å²) in [5.74, 6) is -0.383. The van der Waals surface area contributed by atoms with Crippen molar-refractivity contribution >= 4 is 11.7 Å². The molecule has 1 aliphatic heterocycles. The maximum Gasteiger partial charge on any atom is 0.254 e. The van der Waals surface area contributed by atoms with Crippen molar-refractivity contribution in [3.8, 4) is 22.9 Å². The number of rotatable bonds is 0. The van der Waals surface area contributed by atoms with Gasteiger partial charge in [0.25, 0.3) is 5.91 Å². The highest BCUT2D eigenvalue weighted by atomic mass is 19.1. The summed E-state index contributed by atoms with van der Waals surface area (Å²) in [6.45, 7) is 1.86. The number of fused-ring (bicyclic) bond motifs is 5. The normalized spacial score (nSPS) is 16.0. The van der Waals surface area contributed by atoms with Crippen molar-refractivity contribution in [2.75, 3.05) is 12.8 Å². The molecule has 0 saturated heterocycles. The lowest BCUT2D eigenvalue weighted by Crippen LogP contribution is -2.28. The Balaban J connectivity index is 1.96. The topological polar surface area (TPSA) is 121 Å². The third-order valence-electron chi connectivity index (χ3n) is 4.85. The predicted molar refractivity (Wildman–Crippen MR) is 102 cm³/mol. The molecule has 1 aromatic carbocycles. The number of halogens is 1. The van der Waals surface area contributed by atoms with E-state index in [1.165, 1.54) is 29.3 Å². The van der Waals surface area contributed by atoms with Crippen molar-refractivity contribution in [2.24, 2.45) is 0 Å². The van der Waals surface area contributed by atoms with Gasteiger partial charge in [0.1, 0.15) is 18.0 Å². The number of aromatic nitrogens is 3. The molecule has 4 rings (SSSR count). The van der Waals surface area contributed by atoms with Gasteiger partial charge in [-0.05, 0) is 31.2 Å². The molecule has 29 heavy (non-hydrogen) atoms. The van der Waals surface area contributed by atoms with Crippen LogP contribution in [0.3, 0.4) is 0 Å². The van der Waals surface area contributed by atoms with Crippen LogP contribution in [-0.4, -0.2) is 33.0 Å². The lowest BCUT2D eigenvalue weighted by molar-refractivity contribution is 0.0778. The average molecular weight is 392 g/mol. The van der Waals surface area contributed by atoms with Crippen LogP contribution in [0, 0.1) is 17.1 Å². The molecule has 3 aromatic rings.